The summed E-state index contributed by atoms with van der Waals surface area (Å²) in [6.45, 7) is 3.86. The summed E-state index contributed by atoms with van der Waals surface area (Å²) in [4.78, 5) is 0. The maximum Gasteiger partial charge on any atom is 0.107 e. The summed E-state index contributed by atoms with van der Waals surface area (Å²) in [6.07, 6.45) is 0. The molecule has 0 atom stereocenters. The van der Waals surface area contributed by atoms with E-state index in [0.717, 1.165) is 23.8 Å². The van der Waals surface area contributed by atoms with Gasteiger partial charge in [0, 0.05) is 6.54 Å². The number of nitrogens with one attached hydrogen (secondary N) is 1. The fourth-order valence-corrected chi connectivity index (χ4v) is 1.19. The van der Waals surface area contributed by atoms with Gasteiger partial charge < -0.3 is 11.1 Å². The molecule has 0 aliphatic carbocycles. The minimum absolute atomic E-state index is 0.785. The SMILES string of the molecule is CCNCc1cc(N)sn1. The molecule has 0 saturated carbocycles. The first kappa shape index (κ1) is 7.50. The molecule has 0 bridgehead atoms. The highest BCUT2D eigenvalue weighted by atomic mass is 32.1. The van der Waals surface area contributed by atoms with E-state index in [2.05, 4.69) is 16.6 Å². The van der Waals surface area contributed by atoms with Crippen LogP contribution in [0.15, 0.2) is 6.07 Å². The van der Waals surface area contributed by atoms with Crippen LogP contribution >= 0.6 is 11.5 Å². The second-order valence-corrected chi connectivity index (χ2v) is 2.84. The number of nitrogens with zero attached hydrogens (tertiary/aromatic N) is 1. The summed E-state index contributed by atoms with van der Waals surface area (Å²) in [5.74, 6) is 0. The van der Waals surface area contributed by atoms with Crippen LogP contribution < -0.4 is 11.1 Å². The van der Waals surface area contributed by atoms with Crippen LogP contribution in [-0.2, 0) is 6.54 Å². The Morgan fingerprint density at radius 1 is 1.80 bits per heavy atom. The van der Waals surface area contributed by atoms with Gasteiger partial charge in [-0.05, 0) is 24.1 Å². The molecule has 3 nitrogen and oxygen atoms in total. The van der Waals surface area contributed by atoms with Crippen LogP contribution in [0, 0.1) is 0 Å². The van der Waals surface area contributed by atoms with E-state index in [0.29, 0.717) is 0 Å². The highest BCUT2D eigenvalue weighted by Crippen LogP contribution is 2.10. The van der Waals surface area contributed by atoms with Crippen LogP contribution in [0.5, 0.6) is 0 Å². The van der Waals surface area contributed by atoms with E-state index in [-0.39, 0.29) is 0 Å². The number of nitrogens with two attached hydrogens (primary N) is 1. The van der Waals surface area contributed by atoms with E-state index >= 15 is 0 Å². The highest BCUT2D eigenvalue weighted by molar-refractivity contribution is 7.09. The lowest BCUT2D eigenvalue weighted by Crippen LogP contribution is -2.11. The number of anilines is 1. The zero-order valence-electron chi connectivity index (χ0n) is 5.92. The van der Waals surface area contributed by atoms with Crippen molar-refractivity contribution in [2.75, 3.05) is 12.3 Å². The van der Waals surface area contributed by atoms with Gasteiger partial charge in [-0.15, -0.1) is 0 Å². The molecule has 10 heavy (non-hydrogen) atoms. The summed E-state index contributed by atoms with van der Waals surface area (Å²) in [5, 5.41) is 3.95. The third kappa shape index (κ3) is 1.97. The van der Waals surface area contributed by atoms with Gasteiger partial charge in [0.1, 0.15) is 5.00 Å². The van der Waals surface area contributed by atoms with Gasteiger partial charge in [-0.3, -0.25) is 0 Å². The molecule has 0 saturated heterocycles. The smallest absolute Gasteiger partial charge is 0.107 e. The molecule has 1 aromatic rings. The van der Waals surface area contributed by atoms with E-state index in [4.69, 9.17) is 5.73 Å². The van der Waals surface area contributed by atoms with Crippen molar-refractivity contribution in [1.82, 2.24) is 9.69 Å². The highest BCUT2D eigenvalue weighted by Gasteiger charge is 1.95. The van der Waals surface area contributed by atoms with Gasteiger partial charge in [0.25, 0.3) is 0 Å². The molecule has 0 radical (unpaired) electrons. The summed E-state index contributed by atoms with van der Waals surface area (Å²) in [5.41, 5.74) is 6.51. The van der Waals surface area contributed by atoms with Gasteiger partial charge in [-0.25, -0.2) is 0 Å². The van der Waals surface area contributed by atoms with E-state index in [1.54, 1.807) is 0 Å². The van der Waals surface area contributed by atoms with E-state index in [1.165, 1.54) is 11.5 Å². The largest absolute Gasteiger partial charge is 0.389 e. The average molecular weight is 157 g/mol. The van der Waals surface area contributed by atoms with E-state index in [9.17, 15) is 0 Å². The lowest BCUT2D eigenvalue weighted by molar-refractivity contribution is 0.717. The quantitative estimate of drug-likeness (QED) is 0.683. The molecule has 56 valence electrons. The fourth-order valence-electron chi connectivity index (χ4n) is 0.665. The first-order valence-corrected chi connectivity index (χ1v) is 4.02. The molecule has 1 aromatic heterocycles. The van der Waals surface area contributed by atoms with Crippen LogP contribution in [0.25, 0.3) is 0 Å². The van der Waals surface area contributed by atoms with Gasteiger partial charge in [0.15, 0.2) is 0 Å². The predicted molar refractivity (Wildman–Crippen MR) is 43.9 cm³/mol. The van der Waals surface area contributed by atoms with Crippen molar-refractivity contribution in [2.45, 2.75) is 13.5 Å². The number of hydrogen-bond donors (Lipinski definition) is 2. The zero-order chi connectivity index (χ0) is 7.40. The first-order valence-electron chi connectivity index (χ1n) is 3.24. The Kier molecular flexibility index (Phi) is 2.65. The Labute approximate surface area is 64.4 Å². The van der Waals surface area contributed by atoms with Gasteiger partial charge in [0.2, 0.25) is 0 Å². The zero-order valence-corrected chi connectivity index (χ0v) is 6.74. The van der Waals surface area contributed by atoms with Crippen molar-refractivity contribution < 1.29 is 0 Å². The molecular weight excluding hydrogens is 146 g/mol. The van der Waals surface area contributed by atoms with Gasteiger partial charge in [0.05, 0.1) is 5.69 Å². The number of aromatic nitrogens is 1. The maximum absolute atomic E-state index is 5.48. The molecule has 0 spiro atoms. The van der Waals surface area contributed by atoms with Crippen LogP contribution in [0.4, 0.5) is 5.00 Å². The summed E-state index contributed by atoms with van der Waals surface area (Å²) >= 11 is 1.34. The number of hydrogen-bond acceptors (Lipinski definition) is 4. The molecule has 0 fully saturated rings. The third-order valence-electron chi connectivity index (χ3n) is 1.13. The first-order chi connectivity index (χ1) is 4.83. The molecule has 0 aliphatic rings. The second-order valence-electron chi connectivity index (χ2n) is 2.00. The Hall–Kier alpha value is -0.610. The number of nitrogen functional groups attached to an aromatic ring is 1. The van der Waals surface area contributed by atoms with E-state index < -0.39 is 0 Å². The maximum atomic E-state index is 5.48. The molecule has 4 heteroatoms. The molecule has 3 N–H and O–H groups in total. The van der Waals surface area contributed by atoms with Crippen molar-refractivity contribution in [2.24, 2.45) is 0 Å². The summed E-state index contributed by atoms with van der Waals surface area (Å²) in [7, 11) is 0. The Balaban J connectivity index is 2.42. The Morgan fingerprint density at radius 3 is 3.10 bits per heavy atom. The standard InChI is InChI=1S/C6H11N3S/c1-2-8-4-5-3-6(7)10-9-5/h3,8H,2,4,7H2,1H3. The summed E-state index contributed by atoms with van der Waals surface area (Å²) < 4.78 is 4.11. The second kappa shape index (κ2) is 3.53. The molecule has 0 amide bonds. The normalized spacial score (nSPS) is 10.1. The van der Waals surface area contributed by atoms with E-state index in [1.807, 2.05) is 6.07 Å². The monoisotopic (exact) mass is 157 g/mol. The number of rotatable bonds is 3. The van der Waals surface area contributed by atoms with Crippen molar-refractivity contribution in [3.8, 4) is 0 Å². The molecule has 0 aliphatic heterocycles. The lowest BCUT2D eigenvalue weighted by Gasteiger charge is -1.93. The minimum atomic E-state index is 0.785. The predicted octanol–water partition coefficient (Wildman–Crippen LogP) is 0.835. The van der Waals surface area contributed by atoms with Gasteiger partial charge in [-0.2, -0.15) is 4.37 Å². The Bertz CT molecular complexity index is 197. The van der Waals surface area contributed by atoms with Crippen molar-refractivity contribution in [1.29, 1.82) is 0 Å². The molecular formula is C6H11N3S. The van der Waals surface area contributed by atoms with Crippen molar-refractivity contribution in [3.63, 3.8) is 0 Å². The van der Waals surface area contributed by atoms with Crippen LogP contribution in [0.2, 0.25) is 0 Å². The molecule has 1 rings (SSSR count). The van der Waals surface area contributed by atoms with Crippen LogP contribution in [0.1, 0.15) is 12.6 Å². The fraction of sp³-hybridized carbons (Fsp3) is 0.500. The van der Waals surface area contributed by atoms with Gasteiger partial charge >= 0.3 is 0 Å². The minimum Gasteiger partial charge on any atom is -0.389 e. The molecule has 0 aromatic carbocycles. The summed E-state index contributed by atoms with van der Waals surface area (Å²) in [6, 6.07) is 1.90. The van der Waals surface area contributed by atoms with Crippen molar-refractivity contribution in [3.05, 3.63) is 11.8 Å². The average Bonchev–Trinajstić information content (AvgIpc) is 2.31. The molecule has 0 unspecified atom stereocenters. The topological polar surface area (TPSA) is 50.9 Å². The van der Waals surface area contributed by atoms with Crippen LogP contribution in [0.3, 0.4) is 0 Å². The third-order valence-corrected chi connectivity index (χ3v) is 1.79. The van der Waals surface area contributed by atoms with Crippen molar-refractivity contribution >= 4 is 16.5 Å². The molecule has 1 heterocycles. The lowest BCUT2D eigenvalue weighted by atomic mass is 10.4. The van der Waals surface area contributed by atoms with Gasteiger partial charge in [-0.1, -0.05) is 6.92 Å². The van der Waals surface area contributed by atoms with Crippen LogP contribution in [-0.4, -0.2) is 10.9 Å². The Morgan fingerprint density at radius 2 is 2.60 bits per heavy atom.